The molecule has 0 aromatic heterocycles. The van der Waals surface area contributed by atoms with Crippen LogP contribution in [0.4, 0.5) is 26.3 Å². The van der Waals surface area contributed by atoms with Crippen LogP contribution in [0.1, 0.15) is 41.0 Å². The molecule has 0 N–H and O–H groups in total. The summed E-state index contributed by atoms with van der Waals surface area (Å²) in [5.74, 6) is -0.811. The molecule has 0 aliphatic carbocycles. The summed E-state index contributed by atoms with van der Waals surface area (Å²) in [6.07, 6.45) is -8.25. The third-order valence-electron chi connectivity index (χ3n) is 5.67. The maximum Gasteiger partial charge on any atom is 0.416 e. The fourth-order valence-corrected chi connectivity index (χ4v) is 4.17. The van der Waals surface area contributed by atoms with Crippen LogP contribution in [-0.2, 0) is 28.4 Å². The third kappa shape index (κ3) is 6.25. The molecule has 1 fully saturated rings. The molecule has 174 valence electrons. The van der Waals surface area contributed by atoms with Gasteiger partial charge >= 0.3 is 18.3 Å². The summed E-state index contributed by atoms with van der Waals surface area (Å²) in [6, 6.07) is 9.95. The molecule has 2 aromatic rings. The first kappa shape index (κ1) is 24.1. The van der Waals surface area contributed by atoms with Gasteiger partial charge in [0.2, 0.25) is 0 Å². The Hall–Kier alpha value is -2.55. The van der Waals surface area contributed by atoms with E-state index in [0.717, 1.165) is 24.3 Å². The van der Waals surface area contributed by atoms with Gasteiger partial charge in [-0.05, 0) is 47.6 Å². The minimum absolute atomic E-state index is 0.121. The van der Waals surface area contributed by atoms with Gasteiger partial charge in [0, 0.05) is 26.1 Å². The van der Waals surface area contributed by atoms with Crippen molar-refractivity contribution in [2.24, 2.45) is 5.92 Å². The average Bonchev–Trinajstić information content (AvgIpc) is 2.72. The van der Waals surface area contributed by atoms with Crippen molar-refractivity contribution in [1.29, 1.82) is 0 Å². The van der Waals surface area contributed by atoms with Crippen molar-refractivity contribution >= 4 is 5.97 Å². The number of likely N-dealkylation sites (tertiary alicyclic amines) is 1. The topological polar surface area (TPSA) is 29.5 Å². The van der Waals surface area contributed by atoms with E-state index >= 15 is 0 Å². The Kier molecular flexibility index (Phi) is 7.17. The van der Waals surface area contributed by atoms with Crippen LogP contribution in [0, 0.1) is 5.92 Å². The van der Waals surface area contributed by atoms with E-state index in [1.165, 1.54) is 25.3 Å². The average molecular weight is 459 g/mol. The molecule has 32 heavy (non-hydrogen) atoms. The molecule has 9 heteroatoms. The minimum Gasteiger partial charge on any atom is -0.469 e. The second-order valence-electron chi connectivity index (χ2n) is 8.09. The second-order valence-corrected chi connectivity index (χ2v) is 8.09. The van der Waals surface area contributed by atoms with Crippen molar-refractivity contribution in [2.75, 3.05) is 20.2 Å². The van der Waals surface area contributed by atoms with Crippen LogP contribution in [0.3, 0.4) is 0 Å². The highest BCUT2D eigenvalue weighted by Crippen LogP contribution is 2.36. The monoisotopic (exact) mass is 459 g/mol. The highest BCUT2D eigenvalue weighted by molar-refractivity contribution is 5.69. The first-order chi connectivity index (χ1) is 15.0. The first-order valence-electron chi connectivity index (χ1n) is 10.1. The standard InChI is InChI=1S/C23H23F6NO2/c1-32-21(31)10-16-9-18(17-3-2-4-20(11-17)23(27,28)29)14-30(13-16)12-15-5-7-19(8-6-15)22(24,25)26/h2-8,11,16,18H,9-10,12-14H2,1H3/t16-,18-/m0/s1. The van der Waals surface area contributed by atoms with Gasteiger partial charge in [-0.15, -0.1) is 0 Å². The van der Waals surface area contributed by atoms with E-state index in [4.69, 9.17) is 4.74 Å². The van der Waals surface area contributed by atoms with E-state index < -0.39 is 29.4 Å². The van der Waals surface area contributed by atoms with Crippen LogP contribution in [-0.4, -0.2) is 31.1 Å². The van der Waals surface area contributed by atoms with Crippen LogP contribution >= 0.6 is 0 Å². The highest BCUT2D eigenvalue weighted by atomic mass is 19.4. The predicted molar refractivity (Wildman–Crippen MR) is 106 cm³/mol. The van der Waals surface area contributed by atoms with Gasteiger partial charge in [-0.2, -0.15) is 26.3 Å². The van der Waals surface area contributed by atoms with Crippen molar-refractivity contribution in [2.45, 2.75) is 37.7 Å². The van der Waals surface area contributed by atoms with Gasteiger partial charge in [0.15, 0.2) is 0 Å². The quantitative estimate of drug-likeness (QED) is 0.412. The lowest BCUT2D eigenvalue weighted by molar-refractivity contribution is -0.142. The van der Waals surface area contributed by atoms with Crippen LogP contribution in [0.25, 0.3) is 0 Å². The van der Waals surface area contributed by atoms with Crippen LogP contribution in [0.5, 0.6) is 0 Å². The van der Waals surface area contributed by atoms with Crippen molar-refractivity contribution in [3.63, 3.8) is 0 Å². The van der Waals surface area contributed by atoms with Gasteiger partial charge in [0.1, 0.15) is 0 Å². The summed E-state index contributed by atoms with van der Waals surface area (Å²) in [7, 11) is 1.27. The molecule has 2 atom stereocenters. The van der Waals surface area contributed by atoms with Crippen molar-refractivity contribution < 1.29 is 35.9 Å². The summed E-state index contributed by atoms with van der Waals surface area (Å²) in [5.41, 5.74) is -0.309. The summed E-state index contributed by atoms with van der Waals surface area (Å²) in [6.45, 7) is 1.25. The lowest BCUT2D eigenvalue weighted by Gasteiger charge is -2.38. The number of methoxy groups -OCH3 is 1. The molecule has 1 aliphatic heterocycles. The summed E-state index contributed by atoms with van der Waals surface area (Å²) in [4.78, 5) is 13.8. The molecule has 3 nitrogen and oxygen atoms in total. The highest BCUT2D eigenvalue weighted by Gasteiger charge is 2.34. The van der Waals surface area contributed by atoms with E-state index in [0.29, 0.717) is 37.2 Å². The maximum atomic E-state index is 13.2. The van der Waals surface area contributed by atoms with Gasteiger partial charge in [-0.3, -0.25) is 9.69 Å². The number of benzene rings is 2. The Morgan fingerprint density at radius 2 is 1.62 bits per heavy atom. The van der Waals surface area contributed by atoms with Crippen LogP contribution < -0.4 is 0 Å². The largest absolute Gasteiger partial charge is 0.469 e. The Morgan fingerprint density at radius 1 is 0.969 bits per heavy atom. The number of alkyl halides is 6. The smallest absolute Gasteiger partial charge is 0.416 e. The molecule has 0 unspecified atom stereocenters. The Balaban J connectivity index is 1.81. The van der Waals surface area contributed by atoms with Crippen molar-refractivity contribution in [3.05, 3.63) is 70.8 Å². The number of hydrogen-bond donors (Lipinski definition) is 0. The number of nitrogens with zero attached hydrogens (tertiary/aromatic N) is 1. The molecule has 0 bridgehead atoms. The second kappa shape index (κ2) is 9.52. The number of ether oxygens (including phenoxy) is 1. The molecular formula is C23H23F6NO2. The summed E-state index contributed by atoms with van der Waals surface area (Å²) >= 11 is 0. The number of esters is 1. The van der Waals surface area contributed by atoms with Crippen molar-refractivity contribution in [3.8, 4) is 0 Å². The number of carbonyl (C=O) groups excluding carboxylic acids is 1. The van der Waals surface area contributed by atoms with E-state index in [1.807, 2.05) is 4.90 Å². The number of halogens is 6. The molecule has 3 rings (SSSR count). The molecule has 0 spiro atoms. The van der Waals surface area contributed by atoms with Gasteiger partial charge in [-0.25, -0.2) is 0 Å². The van der Waals surface area contributed by atoms with Crippen LogP contribution in [0.2, 0.25) is 0 Å². The molecule has 2 aromatic carbocycles. The number of hydrogen-bond acceptors (Lipinski definition) is 3. The summed E-state index contributed by atoms with van der Waals surface area (Å²) < 4.78 is 82.6. The first-order valence-corrected chi connectivity index (χ1v) is 10.1. The van der Waals surface area contributed by atoms with Gasteiger partial charge < -0.3 is 4.74 Å². The molecule has 1 heterocycles. The molecule has 1 saturated heterocycles. The van der Waals surface area contributed by atoms with E-state index in [-0.39, 0.29) is 18.3 Å². The van der Waals surface area contributed by atoms with Gasteiger partial charge in [-0.1, -0.05) is 30.3 Å². The van der Waals surface area contributed by atoms with Gasteiger partial charge in [0.25, 0.3) is 0 Å². The Morgan fingerprint density at radius 3 is 2.22 bits per heavy atom. The van der Waals surface area contributed by atoms with E-state index in [1.54, 1.807) is 6.07 Å². The number of piperidine rings is 1. The van der Waals surface area contributed by atoms with Crippen LogP contribution in [0.15, 0.2) is 48.5 Å². The zero-order valence-corrected chi connectivity index (χ0v) is 17.3. The van der Waals surface area contributed by atoms with Gasteiger partial charge in [0.05, 0.1) is 18.2 Å². The fourth-order valence-electron chi connectivity index (χ4n) is 4.17. The zero-order valence-electron chi connectivity index (χ0n) is 17.3. The molecule has 0 radical (unpaired) electrons. The Labute approximate surface area is 182 Å². The number of rotatable bonds is 5. The SMILES string of the molecule is COC(=O)C[C@@H]1C[C@H](c2cccc(C(F)(F)F)c2)CN(Cc2ccc(C(F)(F)F)cc2)C1. The summed E-state index contributed by atoms with van der Waals surface area (Å²) in [5, 5.41) is 0. The van der Waals surface area contributed by atoms with E-state index in [9.17, 15) is 31.1 Å². The lowest BCUT2D eigenvalue weighted by Crippen LogP contribution is -2.40. The van der Waals surface area contributed by atoms with Crippen molar-refractivity contribution in [1.82, 2.24) is 4.90 Å². The Bertz CT molecular complexity index is 923. The van der Waals surface area contributed by atoms with E-state index in [2.05, 4.69) is 0 Å². The molecular weight excluding hydrogens is 436 g/mol. The number of carbonyl (C=O) groups is 1. The predicted octanol–water partition coefficient (Wildman–Crippen LogP) is 5.89. The normalized spacial score (nSPS) is 20.2. The molecule has 1 aliphatic rings. The minimum atomic E-state index is -4.46. The fraction of sp³-hybridized carbons (Fsp3) is 0.435. The maximum absolute atomic E-state index is 13.2. The lowest BCUT2D eigenvalue weighted by atomic mass is 9.82. The molecule has 0 amide bonds. The third-order valence-corrected chi connectivity index (χ3v) is 5.67. The molecule has 0 saturated carbocycles. The zero-order chi connectivity index (χ0) is 23.5.